The summed E-state index contributed by atoms with van der Waals surface area (Å²) in [5.41, 5.74) is 0. The van der Waals surface area contributed by atoms with Gasteiger partial charge in [0.05, 0.1) is 23.7 Å². The van der Waals surface area contributed by atoms with Crippen molar-refractivity contribution in [3.63, 3.8) is 0 Å². The van der Waals surface area contributed by atoms with Crippen LogP contribution in [0.15, 0.2) is 10.8 Å². The fraction of sp³-hybridized carbons (Fsp3) is 0.444. The number of anilines is 1. The van der Waals surface area contributed by atoms with Gasteiger partial charge >= 0.3 is 0 Å². The summed E-state index contributed by atoms with van der Waals surface area (Å²) in [5.74, 6) is 0.698. The van der Waals surface area contributed by atoms with Crippen molar-refractivity contribution in [2.45, 2.75) is 6.10 Å². The third-order valence-electron chi connectivity index (χ3n) is 2.24. The second-order valence-electron chi connectivity index (χ2n) is 3.24. The van der Waals surface area contributed by atoms with E-state index in [-0.39, 0.29) is 0 Å². The number of morpholine rings is 1. The molecule has 84 valence electrons. The summed E-state index contributed by atoms with van der Waals surface area (Å²) in [6, 6.07) is 2.08. The highest BCUT2D eigenvalue weighted by Crippen LogP contribution is 2.29. The number of nitrogens with zero attached hydrogens (tertiary/aromatic N) is 4. The van der Waals surface area contributed by atoms with E-state index in [1.165, 1.54) is 6.33 Å². The molecule has 0 aliphatic carbocycles. The average Bonchev–Trinajstić information content (AvgIpc) is 2.33. The Labute approximate surface area is 106 Å². The molecule has 16 heavy (non-hydrogen) atoms. The molecule has 5 nitrogen and oxygen atoms in total. The summed E-state index contributed by atoms with van der Waals surface area (Å²) in [4.78, 5) is 9.96. The molecular formula is C9H8BrClN4O. The first-order valence-corrected chi connectivity index (χ1v) is 5.81. The van der Waals surface area contributed by atoms with Crippen LogP contribution in [0.1, 0.15) is 0 Å². The number of nitriles is 1. The third kappa shape index (κ3) is 2.26. The number of aromatic nitrogens is 2. The van der Waals surface area contributed by atoms with Gasteiger partial charge in [0.2, 0.25) is 0 Å². The van der Waals surface area contributed by atoms with Crippen molar-refractivity contribution in [2.75, 3.05) is 24.6 Å². The summed E-state index contributed by atoms with van der Waals surface area (Å²) in [5, 5.41) is 9.17. The molecule has 1 saturated heterocycles. The maximum absolute atomic E-state index is 8.81. The lowest BCUT2D eigenvalue weighted by molar-refractivity contribution is 0.0761. The topological polar surface area (TPSA) is 62.0 Å². The number of hydrogen-bond acceptors (Lipinski definition) is 5. The molecule has 0 aromatic carbocycles. The minimum absolute atomic E-state index is 0.366. The third-order valence-corrected chi connectivity index (χ3v) is 3.48. The van der Waals surface area contributed by atoms with E-state index in [0.717, 1.165) is 0 Å². The second-order valence-corrected chi connectivity index (χ2v) is 4.39. The van der Waals surface area contributed by atoms with Gasteiger partial charge < -0.3 is 9.64 Å². The lowest BCUT2D eigenvalue weighted by Crippen LogP contribution is -2.42. The van der Waals surface area contributed by atoms with E-state index in [2.05, 4.69) is 32.0 Å². The molecule has 1 fully saturated rings. The summed E-state index contributed by atoms with van der Waals surface area (Å²) in [6.45, 7) is 1.68. The van der Waals surface area contributed by atoms with Crippen LogP contribution in [0.2, 0.25) is 5.15 Å². The van der Waals surface area contributed by atoms with Crippen LogP contribution >= 0.6 is 27.5 Å². The minimum Gasteiger partial charge on any atom is -0.360 e. The Morgan fingerprint density at radius 3 is 3.19 bits per heavy atom. The van der Waals surface area contributed by atoms with Gasteiger partial charge in [0.15, 0.2) is 6.10 Å². The molecule has 0 bridgehead atoms. The fourth-order valence-electron chi connectivity index (χ4n) is 1.48. The zero-order chi connectivity index (χ0) is 11.5. The fourth-order valence-corrected chi connectivity index (χ4v) is 2.06. The van der Waals surface area contributed by atoms with Crippen LogP contribution in [0.25, 0.3) is 0 Å². The molecule has 0 spiro atoms. The molecule has 1 aliphatic rings. The van der Waals surface area contributed by atoms with E-state index >= 15 is 0 Å². The van der Waals surface area contributed by atoms with Crippen LogP contribution in [-0.4, -0.2) is 35.8 Å². The lowest BCUT2D eigenvalue weighted by atomic mass is 10.3. The summed E-state index contributed by atoms with van der Waals surface area (Å²) in [6.07, 6.45) is 0.980. The standard InChI is InChI=1S/C9H8BrClN4O/c10-7-8(11)13-5-14-9(7)15-1-2-16-6(3-12)4-15/h5-6H,1-2,4H2. The Hall–Kier alpha value is -0.900. The van der Waals surface area contributed by atoms with Crippen LogP contribution < -0.4 is 4.90 Å². The predicted molar refractivity (Wildman–Crippen MR) is 62.3 cm³/mol. The highest BCUT2D eigenvalue weighted by molar-refractivity contribution is 9.10. The normalized spacial score (nSPS) is 20.6. The van der Waals surface area contributed by atoms with Crippen LogP contribution in [0.3, 0.4) is 0 Å². The molecular weight excluding hydrogens is 295 g/mol. The zero-order valence-electron chi connectivity index (χ0n) is 8.23. The van der Waals surface area contributed by atoms with Crippen molar-refractivity contribution in [3.05, 3.63) is 16.0 Å². The van der Waals surface area contributed by atoms with Crippen LogP contribution in [0, 0.1) is 11.3 Å². The molecule has 2 heterocycles. The van der Waals surface area contributed by atoms with E-state index in [9.17, 15) is 0 Å². The Morgan fingerprint density at radius 1 is 1.62 bits per heavy atom. The maximum Gasteiger partial charge on any atom is 0.161 e. The van der Waals surface area contributed by atoms with Crippen molar-refractivity contribution >= 4 is 33.3 Å². The first kappa shape index (κ1) is 11.6. The number of halogens is 2. The number of hydrogen-bond donors (Lipinski definition) is 0. The van der Waals surface area contributed by atoms with Crippen molar-refractivity contribution in [1.29, 1.82) is 5.26 Å². The largest absolute Gasteiger partial charge is 0.360 e. The van der Waals surface area contributed by atoms with Gasteiger partial charge in [-0.05, 0) is 15.9 Å². The molecule has 1 aliphatic heterocycles. The van der Waals surface area contributed by atoms with Crippen molar-refractivity contribution < 1.29 is 4.74 Å². The molecule has 0 N–H and O–H groups in total. The molecule has 0 saturated carbocycles. The molecule has 7 heteroatoms. The summed E-state index contributed by atoms with van der Waals surface area (Å²) in [7, 11) is 0. The van der Waals surface area contributed by atoms with Gasteiger partial charge in [-0.2, -0.15) is 5.26 Å². The number of ether oxygens (including phenoxy) is 1. The van der Waals surface area contributed by atoms with E-state index in [1.807, 2.05) is 4.90 Å². The lowest BCUT2D eigenvalue weighted by Gasteiger charge is -2.31. The van der Waals surface area contributed by atoms with Gasteiger partial charge in [-0.1, -0.05) is 11.6 Å². The Balaban J connectivity index is 2.24. The van der Waals surface area contributed by atoms with Crippen molar-refractivity contribution in [1.82, 2.24) is 9.97 Å². The van der Waals surface area contributed by atoms with Gasteiger partial charge in [-0.3, -0.25) is 0 Å². The molecule has 1 aromatic rings. The van der Waals surface area contributed by atoms with Crippen molar-refractivity contribution in [2.24, 2.45) is 0 Å². The van der Waals surface area contributed by atoms with Crippen LogP contribution in [0.5, 0.6) is 0 Å². The zero-order valence-corrected chi connectivity index (χ0v) is 10.6. The highest BCUT2D eigenvalue weighted by atomic mass is 79.9. The predicted octanol–water partition coefficient (Wildman–Crippen LogP) is 1.62. The Morgan fingerprint density at radius 2 is 2.44 bits per heavy atom. The molecule has 1 aromatic heterocycles. The number of rotatable bonds is 1. The molecule has 1 atom stereocenters. The van der Waals surface area contributed by atoms with Gasteiger partial charge in [0.1, 0.15) is 17.3 Å². The Kier molecular flexibility index (Phi) is 3.59. The van der Waals surface area contributed by atoms with Crippen molar-refractivity contribution in [3.8, 4) is 6.07 Å². The monoisotopic (exact) mass is 302 g/mol. The average molecular weight is 304 g/mol. The minimum atomic E-state index is -0.422. The quantitative estimate of drug-likeness (QED) is 0.738. The van der Waals surface area contributed by atoms with Crippen LogP contribution in [0.4, 0.5) is 5.82 Å². The maximum atomic E-state index is 8.81. The summed E-state index contributed by atoms with van der Waals surface area (Å²) < 4.78 is 5.90. The Bertz CT molecular complexity index is 436. The van der Waals surface area contributed by atoms with E-state index < -0.39 is 6.10 Å². The van der Waals surface area contributed by atoms with Crippen LogP contribution in [-0.2, 0) is 4.74 Å². The molecule has 2 rings (SSSR count). The van der Waals surface area contributed by atoms with Gasteiger partial charge in [0.25, 0.3) is 0 Å². The first-order chi connectivity index (χ1) is 7.72. The SMILES string of the molecule is N#CC1CN(c2ncnc(Cl)c2Br)CCO1. The highest BCUT2D eigenvalue weighted by Gasteiger charge is 2.23. The van der Waals surface area contributed by atoms with E-state index in [4.69, 9.17) is 21.6 Å². The van der Waals surface area contributed by atoms with Gasteiger partial charge in [0, 0.05) is 6.54 Å². The smallest absolute Gasteiger partial charge is 0.161 e. The van der Waals surface area contributed by atoms with Gasteiger partial charge in [-0.15, -0.1) is 0 Å². The summed E-state index contributed by atoms with van der Waals surface area (Å²) >= 11 is 9.22. The van der Waals surface area contributed by atoms with Gasteiger partial charge in [-0.25, -0.2) is 9.97 Å². The van der Waals surface area contributed by atoms with E-state index in [1.54, 1.807) is 0 Å². The molecule has 1 unspecified atom stereocenters. The second kappa shape index (κ2) is 4.95. The van der Waals surface area contributed by atoms with E-state index in [0.29, 0.717) is 35.1 Å². The first-order valence-electron chi connectivity index (χ1n) is 4.64. The molecule has 0 radical (unpaired) electrons. The molecule has 0 amide bonds.